The Morgan fingerprint density at radius 3 is 2.38 bits per heavy atom. The molecule has 0 saturated carbocycles. The van der Waals surface area contributed by atoms with E-state index in [2.05, 4.69) is 36.7 Å². The lowest BCUT2D eigenvalue weighted by Crippen LogP contribution is -2.45. The van der Waals surface area contributed by atoms with Crippen molar-refractivity contribution in [3.05, 3.63) is 28.7 Å². The average Bonchev–Trinajstić information content (AvgIpc) is 2.12. The molecule has 2 unspecified atom stereocenters. The van der Waals surface area contributed by atoms with Gasteiger partial charge in [0.05, 0.1) is 0 Å². The molecule has 1 aromatic rings. The maximum Gasteiger partial charge on any atom is 0.120 e. The summed E-state index contributed by atoms with van der Waals surface area (Å²) in [5.41, 5.74) is 6.00. The van der Waals surface area contributed by atoms with Gasteiger partial charge >= 0.3 is 0 Å². The van der Waals surface area contributed by atoms with E-state index >= 15 is 0 Å². The number of rotatable bonds is 3. The van der Waals surface area contributed by atoms with Crippen molar-refractivity contribution in [2.75, 3.05) is 0 Å². The van der Waals surface area contributed by atoms with E-state index in [-0.39, 0.29) is 17.6 Å². The van der Waals surface area contributed by atoms with Gasteiger partial charge in [0.15, 0.2) is 0 Å². The van der Waals surface area contributed by atoms with Crippen LogP contribution in [0.25, 0.3) is 0 Å². The molecule has 0 radical (unpaired) electrons. The lowest BCUT2D eigenvalue weighted by molar-refractivity contribution is 0.0684. The third-order valence-electron chi connectivity index (χ3n) is 2.39. The van der Waals surface area contributed by atoms with Crippen LogP contribution in [0, 0.1) is 5.41 Å². The number of halogens is 1. The molecule has 0 saturated heterocycles. The van der Waals surface area contributed by atoms with Crippen LogP contribution in [0.1, 0.15) is 27.7 Å². The fourth-order valence-corrected chi connectivity index (χ4v) is 2.14. The zero-order valence-electron chi connectivity index (χ0n) is 10.3. The lowest BCUT2D eigenvalue weighted by atomic mass is 9.85. The molecule has 1 rings (SSSR count). The smallest absolute Gasteiger partial charge is 0.120 e. The van der Waals surface area contributed by atoms with Gasteiger partial charge in [-0.1, -0.05) is 42.8 Å². The van der Waals surface area contributed by atoms with Crippen molar-refractivity contribution in [1.82, 2.24) is 0 Å². The number of nitrogens with two attached hydrogens (primary N) is 1. The number of benzene rings is 1. The molecular formula is C13H20BrNO. The number of ether oxygens (including phenoxy) is 1. The lowest BCUT2D eigenvalue weighted by Gasteiger charge is -2.34. The van der Waals surface area contributed by atoms with Gasteiger partial charge in [0.2, 0.25) is 0 Å². The van der Waals surface area contributed by atoms with Crippen molar-refractivity contribution in [3.8, 4) is 5.75 Å². The van der Waals surface area contributed by atoms with Gasteiger partial charge in [0, 0.05) is 15.9 Å². The third kappa shape index (κ3) is 3.80. The monoisotopic (exact) mass is 285 g/mol. The van der Waals surface area contributed by atoms with Crippen LogP contribution in [0.15, 0.2) is 28.7 Å². The molecule has 0 amide bonds. The fraction of sp³-hybridized carbons (Fsp3) is 0.538. The predicted molar refractivity (Wildman–Crippen MR) is 71.7 cm³/mol. The van der Waals surface area contributed by atoms with Crippen LogP contribution >= 0.6 is 15.9 Å². The Kier molecular flexibility index (Phi) is 4.39. The summed E-state index contributed by atoms with van der Waals surface area (Å²) >= 11 is 3.43. The second-order valence-corrected chi connectivity index (χ2v) is 6.14. The highest BCUT2D eigenvalue weighted by molar-refractivity contribution is 9.10. The van der Waals surface area contributed by atoms with Crippen LogP contribution in [-0.2, 0) is 0 Å². The Bertz CT molecular complexity index is 344. The zero-order chi connectivity index (χ0) is 12.3. The highest BCUT2D eigenvalue weighted by atomic mass is 79.9. The highest BCUT2D eigenvalue weighted by Crippen LogP contribution is 2.27. The molecule has 0 aliphatic rings. The Balaban J connectivity index is 2.84. The molecule has 0 aliphatic heterocycles. The van der Waals surface area contributed by atoms with Crippen molar-refractivity contribution in [2.45, 2.75) is 39.8 Å². The first-order valence-electron chi connectivity index (χ1n) is 5.48. The van der Waals surface area contributed by atoms with Crippen LogP contribution in [0.2, 0.25) is 0 Å². The van der Waals surface area contributed by atoms with E-state index in [4.69, 9.17) is 10.5 Å². The molecule has 0 bridgehead atoms. The van der Waals surface area contributed by atoms with Crippen molar-refractivity contribution < 1.29 is 4.74 Å². The molecule has 90 valence electrons. The van der Waals surface area contributed by atoms with E-state index in [9.17, 15) is 0 Å². The fourth-order valence-electron chi connectivity index (χ4n) is 1.76. The molecule has 2 N–H and O–H groups in total. The third-order valence-corrected chi connectivity index (χ3v) is 2.88. The molecule has 3 heteroatoms. The summed E-state index contributed by atoms with van der Waals surface area (Å²) in [5, 5.41) is 0. The van der Waals surface area contributed by atoms with Crippen molar-refractivity contribution in [2.24, 2.45) is 11.1 Å². The quantitative estimate of drug-likeness (QED) is 0.921. The largest absolute Gasteiger partial charge is 0.488 e. The molecular weight excluding hydrogens is 266 g/mol. The van der Waals surface area contributed by atoms with Gasteiger partial charge in [-0.3, -0.25) is 0 Å². The van der Waals surface area contributed by atoms with Crippen LogP contribution in [0.5, 0.6) is 5.75 Å². The molecule has 0 aliphatic carbocycles. The van der Waals surface area contributed by atoms with Gasteiger partial charge in [0.25, 0.3) is 0 Å². The maximum absolute atomic E-state index is 5.97. The maximum atomic E-state index is 5.97. The van der Waals surface area contributed by atoms with E-state index in [1.165, 1.54) is 0 Å². The van der Waals surface area contributed by atoms with E-state index in [1.807, 2.05) is 31.2 Å². The Morgan fingerprint density at radius 1 is 1.31 bits per heavy atom. The second kappa shape index (κ2) is 5.19. The Hall–Kier alpha value is -0.540. The minimum absolute atomic E-state index is 0.000943. The van der Waals surface area contributed by atoms with Crippen LogP contribution < -0.4 is 10.5 Å². The normalized spacial score (nSPS) is 15.6. The topological polar surface area (TPSA) is 35.2 Å². The predicted octanol–water partition coefficient (Wildman–Crippen LogP) is 3.59. The van der Waals surface area contributed by atoms with Gasteiger partial charge in [-0.05, 0) is 25.1 Å². The molecule has 2 nitrogen and oxygen atoms in total. The average molecular weight is 286 g/mol. The first kappa shape index (κ1) is 13.5. The Morgan fingerprint density at radius 2 is 1.94 bits per heavy atom. The number of hydrogen-bond donors (Lipinski definition) is 1. The molecule has 0 fully saturated rings. The van der Waals surface area contributed by atoms with E-state index in [0.29, 0.717) is 0 Å². The summed E-state index contributed by atoms with van der Waals surface area (Å²) in [6.07, 6.45) is 0.00167. The molecule has 0 spiro atoms. The SMILES string of the molecule is CC(N)C(Oc1cccc(Br)c1)C(C)(C)C. The Labute approximate surface area is 106 Å². The summed E-state index contributed by atoms with van der Waals surface area (Å²) < 4.78 is 6.98. The number of hydrogen-bond acceptors (Lipinski definition) is 2. The summed E-state index contributed by atoms with van der Waals surface area (Å²) in [5.74, 6) is 0.853. The van der Waals surface area contributed by atoms with E-state index in [0.717, 1.165) is 10.2 Å². The first-order chi connectivity index (χ1) is 7.30. The van der Waals surface area contributed by atoms with E-state index in [1.54, 1.807) is 0 Å². The minimum Gasteiger partial charge on any atom is -0.488 e. The van der Waals surface area contributed by atoms with Crippen molar-refractivity contribution in [1.29, 1.82) is 0 Å². The summed E-state index contributed by atoms with van der Waals surface area (Å²) in [7, 11) is 0. The van der Waals surface area contributed by atoms with Crippen molar-refractivity contribution >= 4 is 15.9 Å². The minimum atomic E-state index is -0.000943. The van der Waals surface area contributed by atoms with Gasteiger partial charge in [-0.2, -0.15) is 0 Å². The van der Waals surface area contributed by atoms with Crippen LogP contribution in [-0.4, -0.2) is 12.1 Å². The summed E-state index contributed by atoms with van der Waals surface area (Å²) in [6, 6.07) is 7.84. The van der Waals surface area contributed by atoms with Crippen LogP contribution in [0.3, 0.4) is 0 Å². The van der Waals surface area contributed by atoms with Gasteiger partial charge < -0.3 is 10.5 Å². The molecule has 16 heavy (non-hydrogen) atoms. The van der Waals surface area contributed by atoms with Crippen molar-refractivity contribution in [3.63, 3.8) is 0 Å². The van der Waals surface area contributed by atoms with E-state index < -0.39 is 0 Å². The highest BCUT2D eigenvalue weighted by Gasteiger charge is 2.29. The van der Waals surface area contributed by atoms with Crippen LogP contribution in [0.4, 0.5) is 0 Å². The molecule has 2 atom stereocenters. The summed E-state index contributed by atoms with van der Waals surface area (Å²) in [6.45, 7) is 8.39. The second-order valence-electron chi connectivity index (χ2n) is 5.22. The van der Waals surface area contributed by atoms with Gasteiger partial charge in [0.1, 0.15) is 11.9 Å². The summed E-state index contributed by atoms with van der Waals surface area (Å²) in [4.78, 5) is 0. The van der Waals surface area contributed by atoms with Gasteiger partial charge in [-0.25, -0.2) is 0 Å². The molecule has 0 aromatic heterocycles. The molecule has 0 heterocycles. The van der Waals surface area contributed by atoms with Gasteiger partial charge in [-0.15, -0.1) is 0 Å². The standard InChI is InChI=1S/C13H20BrNO/c1-9(15)12(13(2,3)4)16-11-7-5-6-10(14)8-11/h5-9,12H,15H2,1-4H3. The molecule has 1 aromatic carbocycles. The first-order valence-corrected chi connectivity index (χ1v) is 6.28. The zero-order valence-corrected chi connectivity index (χ0v) is 11.9.